The Morgan fingerprint density at radius 3 is 2.00 bits per heavy atom. The topological polar surface area (TPSA) is 75.6 Å². The number of hydrogen-bond donors (Lipinski definition) is 2. The molecule has 6 heteroatoms. The van der Waals surface area contributed by atoms with E-state index in [1.807, 2.05) is 12.1 Å². The van der Waals surface area contributed by atoms with Gasteiger partial charge in [0.1, 0.15) is 0 Å². The average Bonchev–Trinajstić information content (AvgIpc) is 3.26. The Hall–Kier alpha value is -2.44. The molecule has 2 N–H and O–H groups in total. The van der Waals surface area contributed by atoms with E-state index in [2.05, 4.69) is 81.5 Å². The molecule has 5 nitrogen and oxygen atoms in total. The molecule has 4 atom stereocenters. The van der Waals surface area contributed by atoms with Crippen LogP contribution in [-0.2, 0) is 14.0 Å². The van der Waals surface area contributed by atoms with Crippen molar-refractivity contribution in [2.24, 2.45) is 23.7 Å². The van der Waals surface area contributed by atoms with Crippen molar-refractivity contribution in [2.45, 2.75) is 65.3 Å². The van der Waals surface area contributed by atoms with E-state index in [4.69, 9.17) is 4.43 Å². The number of carbonyl (C=O) groups excluding carboxylic acids is 1. The molecule has 0 aliphatic heterocycles. The fourth-order valence-corrected chi connectivity index (χ4v) is 10.5. The summed E-state index contributed by atoms with van der Waals surface area (Å²) in [5.74, 6) is -0.140. The van der Waals surface area contributed by atoms with Gasteiger partial charge in [-0.15, -0.1) is 0 Å². The number of nitrogens with one attached hydrogen (secondary N) is 1. The fraction of sp³-hybridized carbons (Fsp3) is 0.533. The van der Waals surface area contributed by atoms with Crippen molar-refractivity contribution >= 4 is 30.6 Å². The van der Waals surface area contributed by atoms with Gasteiger partial charge in [-0.1, -0.05) is 88.4 Å². The number of benzene rings is 2. The molecule has 0 bridgehead atoms. The average molecular weight is 510 g/mol. The highest BCUT2D eigenvalue weighted by molar-refractivity contribution is 6.99. The van der Waals surface area contributed by atoms with Gasteiger partial charge in [0.2, 0.25) is 5.91 Å². The van der Waals surface area contributed by atoms with E-state index in [1.165, 1.54) is 10.4 Å². The summed E-state index contributed by atoms with van der Waals surface area (Å²) in [6.45, 7) is 11.7. The van der Waals surface area contributed by atoms with Crippen molar-refractivity contribution in [1.29, 1.82) is 0 Å². The molecular weight excluding hydrogens is 466 g/mol. The normalized spacial score (nSPS) is 21.2. The lowest BCUT2D eigenvalue weighted by atomic mass is 9.89. The van der Waals surface area contributed by atoms with Crippen molar-refractivity contribution in [3.63, 3.8) is 0 Å². The number of aliphatic carboxylic acids is 1. The van der Waals surface area contributed by atoms with Crippen molar-refractivity contribution in [2.75, 3.05) is 13.2 Å². The first kappa shape index (κ1) is 28.1. The van der Waals surface area contributed by atoms with Crippen LogP contribution in [0.1, 0.15) is 60.3 Å². The molecule has 3 unspecified atom stereocenters. The van der Waals surface area contributed by atoms with Gasteiger partial charge in [-0.25, -0.2) is 0 Å². The van der Waals surface area contributed by atoms with E-state index in [9.17, 15) is 14.7 Å². The van der Waals surface area contributed by atoms with Crippen LogP contribution in [0.3, 0.4) is 0 Å². The summed E-state index contributed by atoms with van der Waals surface area (Å²) in [6, 6.07) is 21.2. The number of amides is 1. The largest absolute Gasteiger partial charge is 0.481 e. The maximum atomic E-state index is 11.9. The lowest BCUT2D eigenvalue weighted by Gasteiger charge is -2.44. The van der Waals surface area contributed by atoms with Crippen molar-refractivity contribution in [3.8, 4) is 0 Å². The van der Waals surface area contributed by atoms with Gasteiger partial charge in [0.05, 0.1) is 5.92 Å². The van der Waals surface area contributed by atoms with E-state index in [1.54, 1.807) is 6.92 Å². The minimum absolute atomic E-state index is 0.00904. The van der Waals surface area contributed by atoms with Gasteiger partial charge in [-0.05, 0) is 58.8 Å². The molecule has 2 aromatic rings. The number of hydrogen-bond acceptors (Lipinski definition) is 3. The van der Waals surface area contributed by atoms with Crippen LogP contribution >= 0.6 is 0 Å². The zero-order chi connectivity index (χ0) is 26.3. The molecule has 196 valence electrons. The number of carboxylic acid groups (broad SMARTS) is 1. The number of carbonyl (C=O) groups is 2. The van der Waals surface area contributed by atoms with Crippen LogP contribution in [0.15, 0.2) is 60.7 Å². The zero-order valence-electron chi connectivity index (χ0n) is 22.5. The number of rotatable bonds is 11. The third-order valence-corrected chi connectivity index (χ3v) is 12.9. The Kier molecular flexibility index (Phi) is 9.53. The molecule has 0 spiro atoms. The quantitative estimate of drug-likeness (QED) is 0.425. The predicted molar refractivity (Wildman–Crippen MR) is 148 cm³/mol. The number of carboxylic acids is 1. The molecule has 0 radical (unpaired) electrons. The Morgan fingerprint density at radius 1 is 1.00 bits per heavy atom. The molecule has 1 saturated carbocycles. The maximum absolute atomic E-state index is 11.9. The maximum Gasteiger partial charge on any atom is 0.306 e. The van der Waals surface area contributed by atoms with Crippen LogP contribution in [0.4, 0.5) is 0 Å². The first-order valence-corrected chi connectivity index (χ1v) is 15.2. The van der Waals surface area contributed by atoms with Crippen LogP contribution in [0.5, 0.6) is 0 Å². The smallest absolute Gasteiger partial charge is 0.306 e. The minimum Gasteiger partial charge on any atom is -0.481 e. The predicted octanol–water partition coefficient (Wildman–Crippen LogP) is 4.84. The Bertz CT molecular complexity index is 950. The summed E-state index contributed by atoms with van der Waals surface area (Å²) in [5, 5.41) is 15.1. The van der Waals surface area contributed by atoms with E-state index in [-0.39, 0.29) is 22.8 Å². The first-order valence-electron chi connectivity index (χ1n) is 13.3. The molecule has 0 saturated heterocycles. The molecule has 0 heterocycles. The molecule has 1 amide bonds. The third-order valence-electron chi connectivity index (χ3n) is 7.85. The Morgan fingerprint density at radius 2 is 1.53 bits per heavy atom. The standard InChI is InChI=1S/C30H43NO4Si/c1-22(20-31-23(2)32)16-17-24-18-25(29(33)34)19-26(24)21-35-36(30(3,4)5,27-12-8-6-9-13-27)28-14-10-7-11-15-28/h6-15,22,24-26H,16-21H2,1-5H3,(H,31,32)(H,33,34)/t22?,24?,25-,26?/m0/s1. The molecule has 1 aliphatic rings. The van der Waals surface area contributed by atoms with E-state index >= 15 is 0 Å². The van der Waals surface area contributed by atoms with Crippen LogP contribution in [0, 0.1) is 23.7 Å². The lowest BCUT2D eigenvalue weighted by molar-refractivity contribution is -0.141. The van der Waals surface area contributed by atoms with Crippen molar-refractivity contribution in [3.05, 3.63) is 60.7 Å². The highest BCUT2D eigenvalue weighted by atomic mass is 28.4. The highest BCUT2D eigenvalue weighted by Gasteiger charge is 2.51. The van der Waals surface area contributed by atoms with Gasteiger partial charge in [0.25, 0.3) is 8.32 Å². The Balaban J connectivity index is 1.86. The van der Waals surface area contributed by atoms with Crippen molar-refractivity contribution in [1.82, 2.24) is 5.32 Å². The van der Waals surface area contributed by atoms with Gasteiger partial charge in [-0.3, -0.25) is 9.59 Å². The van der Waals surface area contributed by atoms with Gasteiger partial charge in [-0.2, -0.15) is 0 Å². The van der Waals surface area contributed by atoms with Gasteiger partial charge in [0, 0.05) is 20.1 Å². The molecule has 1 aliphatic carbocycles. The van der Waals surface area contributed by atoms with Gasteiger partial charge >= 0.3 is 5.97 Å². The first-order chi connectivity index (χ1) is 17.0. The second kappa shape index (κ2) is 12.2. The van der Waals surface area contributed by atoms with E-state index in [0.29, 0.717) is 37.8 Å². The molecule has 3 rings (SSSR count). The highest BCUT2D eigenvalue weighted by Crippen LogP contribution is 2.42. The van der Waals surface area contributed by atoms with Crippen LogP contribution < -0.4 is 15.7 Å². The van der Waals surface area contributed by atoms with E-state index in [0.717, 1.165) is 12.8 Å². The zero-order valence-corrected chi connectivity index (χ0v) is 23.5. The van der Waals surface area contributed by atoms with Crippen LogP contribution in [0.25, 0.3) is 0 Å². The monoisotopic (exact) mass is 509 g/mol. The van der Waals surface area contributed by atoms with Crippen LogP contribution in [-0.4, -0.2) is 38.5 Å². The summed E-state index contributed by atoms with van der Waals surface area (Å²) in [5.41, 5.74) is 0. The van der Waals surface area contributed by atoms with Crippen LogP contribution in [0.2, 0.25) is 5.04 Å². The fourth-order valence-electron chi connectivity index (χ4n) is 5.88. The molecule has 0 aromatic heterocycles. The Labute approximate surface area is 217 Å². The summed E-state index contributed by atoms with van der Waals surface area (Å²) in [4.78, 5) is 23.2. The molecular formula is C30H43NO4Si. The second-order valence-corrected chi connectivity index (χ2v) is 15.9. The SMILES string of the molecule is CC(=O)NCC(C)CCC1C[C@H](C(=O)O)CC1CO[Si](c1ccccc1)(c1ccccc1)C(C)(C)C. The molecule has 36 heavy (non-hydrogen) atoms. The minimum atomic E-state index is -2.66. The summed E-state index contributed by atoms with van der Waals surface area (Å²) < 4.78 is 7.18. The van der Waals surface area contributed by atoms with Crippen molar-refractivity contribution < 1.29 is 19.1 Å². The van der Waals surface area contributed by atoms with Gasteiger partial charge < -0.3 is 14.8 Å². The molecule has 2 aromatic carbocycles. The summed E-state index contributed by atoms with van der Waals surface area (Å²) in [6.07, 6.45) is 3.29. The lowest BCUT2D eigenvalue weighted by Crippen LogP contribution is -2.67. The van der Waals surface area contributed by atoms with E-state index < -0.39 is 14.3 Å². The summed E-state index contributed by atoms with van der Waals surface area (Å²) >= 11 is 0. The third kappa shape index (κ3) is 6.65. The van der Waals surface area contributed by atoms with Gasteiger partial charge in [0.15, 0.2) is 0 Å². The second-order valence-electron chi connectivity index (χ2n) is 11.6. The molecule has 1 fully saturated rings. The summed E-state index contributed by atoms with van der Waals surface area (Å²) in [7, 11) is -2.66.